The Morgan fingerprint density at radius 1 is 1.11 bits per heavy atom. The van der Waals surface area contributed by atoms with Gasteiger partial charge in [-0.05, 0) is 56.4 Å². The topological polar surface area (TPSA) is 59.9 Å². The molecule has 0 unspecified atom stereocenters. The number of carbonyl (C=O) groups is 1. The molecular weight excluding hydrogens is 492 g/mol. The van der Waals surface area contributed by atoms with Crippen LogP contribution in [0.15, 0.2) is 35.7 Å². The molecule has 0 spiro atoms. The van der Waals surface area contributed by atoms with E-state index in [1.807, 2.05) is 0 Å². The Kier molecular flexibility index (Phi) is 9.39. The third-order valence-electron chi connectivity index (χ3n) is 9.25. The highest BCUT2D eigenvalue weighted by Gasteiger charge is 2.43. The van der Waals surface area contributed by atoms with Crippen molar-refractivity contribution < 1.29 is 9.90 Å². The van der Waals surface area contributed by atoms with Crippen LogP contribution in [0.1, 0.15) is 75.5 Å². The lowest BCUT2D eigenvalue weighted by Crippen LogP contribution is -2.48. The van der Waals surface area contributed by atoms with Crippen LogP contribution in [0.25, 0.3) is 0 Å². The number of likely N-dealkylation sites (tertiary alicyclic amines) is 2. The van der Waals surface area contributed by atoms with Crippen LogP contribution in [0.2, 0.25) is 0 Å². The number of hydrogen-bond acceptors (Lipinski definition) is 6. The number of carboxylic acids is 1. The van der Waals surface area contributed by atoms with Gasteiger partial charge in [-0.1, -0.05) is 56.5 Å². The maximum absolute atomic E-state index is 12.5. The number of thiazole rings is 1. The van der Waals surface area contributed by atoms with E-state index in [1.165, 1.54) is 42.8 Å². The molecule has 3 heterocycles. The summed E-state index contributed by atoms with van der Waals surface area (Å²) in [6, 6.07) is 11.1. The molecule has 3 atom stereocenters. The van der Waals surface area contributed by atoms with E-state index >= 15 is 0 Å². The fraction of sp³-hybridized carbons (Fsp3) is 0.677. The van der Waals surface area contributed by atoms with E-state index in [2.05, 4.69) is 64.3 Å². The maximum Gasteiger partial charge on any atom is 0.321 e. The Hall–Kier alpha value is -1.96. The van der Waals surface area contributed by atoms with Gasteiger partial charge in [0, 0.05) is 56.6 Å². The molecule has 0 radical (unpaired) electrons. The molecule has 1 aromatic heterocycles. The molecule has 6 nitrogen and oxygen atoms in total. The van der Waals surface area contributed by atoms with Crippen LogP contribution in [0.3, 0.4) is 0 Å². The van der Waals surface area contributed by atoms with Crippen molar-refractivity contribution in [3.63, 3.8) is 0 Å². The van der Waals surface area contributed by atoms with E-state index in [-0.39, 0.29) is 6.04 Å². The van der Waals surface area contributed by atoms with Gasteiger partial charge in [0.25, 0.3) is 0 Å². The Labute approximate surface area is 233 Å². The van der Waals surface area contributed by atoms with Crippen LogP contribution in [0.4, 0.5) is 5.13 Å². The summed E-state index contributed by atoms with van der Waals surface area (Å²) >= 11 is 1.78. The highest BCUT2D eigenvalue weighted by atomic mass is 32.1. The van der Waals surface area contributed by atoms with Gasteiger partial charge in [-0.2, -0.15) is 0 Å². The minimum atomic E-state index is -0.612. The number of rotatable bonds is 10. The Morgan fingerprint density at radius 3 is 2.47 bits per heavy atom. The number of aliphatic carboxylic acids is 1. The van der Waals surface area contributed by atoms with Gasteiger partial charge in [0.05, 0.1) is 5.69 Å². The van der Waals surface area contributed by atoms with Crippen LogP contribution < -0.4 is 4.90 Å². The molecule has 2 aliphatic heterocycles. The average molecular weight is 539 g/mol. The molecule has 2 saturated heterocycles. The molecule has 3 fully saturated rings. The summed E-state index contributed by atoms with van der Waals surface area (Å²) < 4.78 is 0. The maximum atomic E-state index is 12.5. The largest absolute Gasteiger partial charge is 0.480 e. The van der Waals surface area contributed by atoms with Crippen LogP contribution >= 0.6 is 11.3 Å². The fourth-order valence-corrected chi connectivity index (χ4v) is 8.30. The second-order valence-electron chi connectivity index (χ2n) is 11.9. The Balaban J connectivity index is 1.26. The summed E-state index contributed by atoms with van der Waals surface area (Å²) in [6.07, 6.45) is 9.22. The van der Waals surface area contributed by atoms with Crippen molar-refractivity contribution in [2.24, 2.45) is 11.8 Å². The van der Waals surface area contributed by atoms with E-state index in [9.17, 15) is 9.90 Å². The smallest absolute Gasteiger partial charge is 0.321 e. The highest BCUT2D eigenvalue weighted by Crippen LogP contribution is 2.39. The standard InChI is InChI=1S/C31H46N4O2S/c1-3-16-35(31-32-23(2)22-38-31)27-14-17-33(18-15-27)19-26-20-34(21-28(26)24-10-6-4-7-11-24)29(30(36)37)25-12-8-5-9-13-25/h4,6-7,10-11,22,25-29H,3,5,8-9,12-21H2,1-2H3,(H,36,37)/t26-,28+,29+/m0/s1. The van der Waals surface area contributed by atoms with Crippen molar-refractivity contribution in [1.29, 1.82) is 0 Å². The number of aryl methyl sites for hydroxylation is 1. The first-order valence-electron chi connectivity index (χ1n) is 15.0. The summed E-state index contributed by atoms with van der Waals surface area (Å²) in [6.45, 7) is 10.5. The summed E-state index contributed by atoms with van der Waals surface area (Å²) in [5.74, 6) is 0.548. The summed E-state index contributed by atoms with van der Waals surface area (Å²) in [5, 5.41) is 13.7. The van der Waals surface area contributed by atoms with Crippen LogP contribution in [0.5, 0.6) is 0 Å². The molecule has 3 aliphatic rings. The fourth-order valence-electron chi connectivity index (χ4n) is 7.39. The van der Waals surface area contributed by atoms with Gasteiger partial charge in [0.2, 0.25) is 0 Å². The monoisotopic (exact) mass is 538 g/mol. The summed E-state index contributed by atoms with van der Waals surface area (Å²) in [5.41, 5.74) is 2.49. The van der Waals surface area contributed by atoms with Gasteiger partial charge in [0.15, 0.2) is 5.13 Å². The zero-order chi connectivity index (χ0) is 26.5. The van der Waals surface area contributed by atoms with Crippen LogP contribution in [0, 0.1) is 18.8 Å². The summed E-state index contributed by atoms with van der Waals surface area (Å²) in [7, 11) is 0. The number of piperidine rings is 1. The lowest BCUT2D eigenvalue weighted by Gasteiger charge is -2.39. The number of nitrogens with zero attached hydrogens (tertiary/aromatic N) is 4. The zero-order valence-corrected chi connectivity index (χ0v) is 24.1. The number of benzene rings is 1. The molecular formula is C31H46N4O2S. The first-order valence-corrected chi connectivity index (χ1v) is 15.8. The third kappa shape index (κ3) is 6.43. The van der Waals surface area contributed by atoms with Crippen molar-refractivity contribution in [3.8, 4) is 0 Å². The van der Waals surface area contributed by atoms with Crippen molar-refractivity contribution in [2.75, 3.05) is 44.2 Å². The lowest BCUT2D eigenvalue weighted by atomic mass is 9.83. The van der Waals surface area contributed by atoms with E-state index < -0.39 is 5.97 Å². The molecule has 5 rings (SSSR count). The van der Waals surface area contributed by atoms with E-state index in [0.29, 0.717) is 23.8 Å². The Bertz CT molecular complexity index is 1020. The average Bonchev–Trinajstić information content (AvgIpc) is 3.55. The van der Waals surface area contributed by atoms with Crippen LogP contribution in [-0.2, 0) is 4.79 Å². The number of anilines is 1. The third-order valence-corrected chi connectivity index (χ3v) is 10.2. The summed E-state index contributed by atoms with van der Waals surface area (Å²) in [4.78, 5) is 24.9. The van der Waals surface area contributed by atoms with Gasteiger partial charge in [0.1, 0.15) is 6.04 Å². The second kappa shape index (κ2) is 12.9. The molecule has 0 bridgehead atoms. The molecule has 2 aromatic rings. The normalized spacial score (nSPS) is 25.0. The molecule has 38 heavy (non-hydrogen) atoms. The SMILES string of the molecule is CCCN(c1nc(C)cs1)C1CCN(C[C@H]2CN([C@@H](C(=O)O)C3CCCCC3)C[C@@H]2c2ccccc2)CC1. The molecule has 1 N–H and O–H groups in total. The van der Waals surface area contributed by atoms with Gasteiger partial charge < -0.3 is 14.9 Å². The first kappa shape index (κ1) is 27.6. The Morgan fingerprint density at radius 2 is 1.84 bits per heavy atom. The van der Waals surface area contributed by atoms with Gasteiger partial charge in [-0.15, -0.1) is 11.3 Å². The van der Waals surface area contributed by atoms with E-state index in [4.69, 9.17) is 4.98 Å². The van der Waals surface area contributed by atoms with Crippen molar-refractivity contribution in [1.82, 2.24) is 14.8 Å². The minimum absolute atomic E-state index is 0.297. The van der Waals surface area contributed by atoms with Crippen molar-refractivity contribution >= 4 is 22.4 Å². The van der Waals surface area contributed by atoms with E-state index in [0.717, 1.165) is 64.2 Å². The van der Waals surface area contributed by atoms with Crippen LogP contribution in [-0.4, -0.2) is 77.2 Å². The predicted molar refractivity (Wildman–Crippen MR) is 156 cm³/mol. The number of hydrogen-bond donors (Lipinski definition) is 1. The van der Waals surface area contributed by atoms with Crippen molar-refractivity contribution in [3.05, 3.63) is 47.0 Å². The lowest BCUT2D eigenvalue weighted by molar-refractivity contribution is -0.145. The number of carboxylic acid groups (broad SMARTS) is 1. The molecule has 1 saturated carbocycles. The zero-order valence-electron chi connectivity index (χ0n) is 23.3. The molecule has 7 heteroatoms. The predicted octanol–water partition coefficient (Wildman–Crippen LogP) is 5.88. The molecule has 0 amide bonds. The quantitative estimate of drug-likeness (QED) is 0.408. The molecule has 1 aliphatic carbocycles. The first-order chi connectivity index (χ1) is 18.5. The molecule has 208 valence electrons. The minimum Gasteiger partial charge on any atom is -0.480 e. The number of aromatic nitrogens is 1. The van der Waals surface area contributed by atoms with Crippen molar-refractivity contribution in [2.45, 2.75) is 83.2 Å². The molecule has 1 aromatic carbocycles. The van der Waals surface area contributed by atoms with Gasteiger partial charge >= 0.3 is 5.97 Å². The van der Waals surface area contributed by atoms with E-state index in [1.54, 1.807) is 11.3 Å². The van der Waals surface area contributed by atoms with Gasteiger partial charge in [-0.3, -0.25) is 9.69 Å². The van der Waals surface area contributed by atoms with Gasteiger partial charge in [-0.25, -0.2) is 4.98 Å². The second-order valence-corrected chi connectivity index (χ2v) is 12.7. The highest BCUT2D eigenvalue weighted by molar-refractivity contribution is 7.13.